The molecule has 2 aromatic carbocycles. The first-order valence-corrected chi connectivity index (χ1v) is 9.57. The number of amides is 1. The van der Waals surface area contributed by atoms with Gasteiger partial charge in [0, 0.05) is 12.1 Å². The fourth-order valence-corrected chi connectivity index (χ4v) is 2.96. The Morgan fingerprint density at radius 1 is 0.903 bits per heavy atom. The van der Waals surface area contributed by atoms with Crippen molar-refractivity contribution >= 4 is 46.3 Å². The number of carbonyl (C=O) groups excluding carboxylic acids is 2. The Morgan fingerprint density at radius 3 is 2.06 bits per heavy atom. The minimum atomic E-state index is -1.46. The highest BCUT2D eigenvalue weighted by Crippen LogP contribution is 2.41. The number of nitrogens with zero attached hydrogens (tertiary/aromatic N) is 2. The van der Waals surface area contributed by atoms with Gasteiger partial charge in [-0.2, -0.15) is 10.2 Å². The molecule has 0 radical (unpaired) electrons. The third kappa shape index (κ3) is 5.56. The number of anilines is 1. The van der Waals surface area contributed by atoms with Gasteiger partial charge >= 0.3 is 0 Å². The second kappa shape index (κ2) is 10.8. The molecule has 166 valence electrons. The van der Waals surface area contributed by atoms with Gasteiger partial charge in [-0.1, -0.05) is 23.2 Å². The second-order valence-corrected chi connectivity index (χ2v) is 6.85. The molecule has 2 rings (SSSR count). The van der Waals surface area contributed by atoms with E-state index in [9.17, 15) is 9.59 Å². The Hall–Kier alpha value is -3.04. The number of nitrogens with one attached hydrogen (secondary N) is 1. The molecule has 1 atom stereocenters. The maximum absolute atomic E-state index is 12.8. The Bertz CT molecular complexity index is 1010. The normalized spacial score (nSPS) is 11.7. The monoisotopic (exact) mass is 469 g/mol. The lowest BCUT2D eigenvalue weighted by atomic mass is 10.2. The number of rotatable bonds is 9. The van der Waals surface area contributed by atoms with E-state index in [2.05, 4.69) is 15.5 Å². The summed E-state index contributed by atoms with van der Waals surface area (Å²) < 4.78 is 20.8. The fourth-order valence-electron chi connectivity index (χ4n) is 2.57. The molecular formula is C20H21Cl2N3O6. The molecule has 9 nitrogen and oxygen atoms in total. The maximum atomic E-state index is 12.8. The van der Waals surface area contributed by atoms with Crippen molar-refractivity contribution in [2.75, 3.05) is 33.8 Å². The molecule has 0 aliphatic rings. The van der Waals surface area contributed by atoms with Gasteiger partial charge in [0.25, 0.3) is 5.91 Å². The van der Waals surface area contributed by atoms with Crippen LogP contribution in [0.1, 0.15) is 6.92 Å². The van der Waals surface area contributed by atoms with Crippen molar-refractivity contribution in [1.29, 1.82) is 0 Å². The average Bonchev–Trinajstić information content (AvgIpc) is 2.75. The van der Waals surface area contributed by atoms with Crippen LogP contribution in [0.4, 0.5) is 11.4 Å². The number of halogens is 2. The highest BCUT2D eigenvalue weighted by atomic mass is 35.5. The molecule has 1 N–H and O–H groups in total. The van der Waals surface area contributed by atoms with Crippen molar-refractivity contribution in [3.8, 4) is 23.0 Å². The predicted octanol–water partition coefficient (Wildman–Crippen LogP) is 4.71. The summed E-state index contributed by atoms with van der Waals surface area (Å²) in [7, 11) is 5.75. The molecule has 0 bridgehead atoms. The van der Waals surface area contributed by atoms with Gasteiger partial charge in [0.1, 0.15) is 11.4 Å². The minimum absolute atomic E-state index is 0.138. The second-order valence-electron chi connectivity index (χ2n) is 6.03. The molecule has 0 spiro atoms. The molecule has 1 amide bonds. The minimum Gasteiger partial charge on any atom is -0.493 e. The molecule has 0 aliphatic heterocycles. The van der Waals surface area contributed by atoms with Crippen LogP contribution < -0.4 is 24.3 Å². The van der Waals surface area contributed by atoms with Crippen LogP contribution in [0.5, 0.6) is 23.0 Å². The van der Waals surface area contributed by atoms with Gasteiger partial charge in [-0.15, -0.1) is 0 Å². The van der Waals surface area contributed by atoms with Gasteiger partial charge in [0.05, 0.1) is 38.5 Å². The molecule has 2 aromatic rings. The van der Waals surface area contributed by atoms with E-state index in [1.807, 2.05) is 0 Å². The lowest BCUT2D eigenvalue weighted by Crippen LogP contribution is -2.32. The van der Waals surface area contributed by atoms with Crippen LogP contribution in [0, 0.1) is 0 Å². The maximum Gasteiger partial charge on any atom is 0.258 e. The molecule has 0 saturated heterocycles. The topological polar surface area (TPSA) is 108 Å². The van der Waals surface area contributed by atoms with Crippen LogP contribution in [-0.2, 0) is 9.59 Å². The molecule has 31 heavy (non-hydrogen) atoms. The highest BCUT2D eigenvalue weighted by Gasteiger charge is 2.26. The molecule has 0 fully saturated rings. The van der Waals surface area contributed by atoms with Crippen molar-refractivity contribution in [2.45, 2.75) is 13.0 Å². The summed E-state index contributed by atoms with van der Waals surface area (Å²) in [5, 5.41) is 10.8. The van der Waals surface area contributed by atoms with E-state index in [1.54, 1.807) is 6.07 Å². The first kappa shape index (κ1) is 24.2. The van der Waals surface area contributed by atoms with E-state index in [0.29, 0.717) is 17.2 Å². The van der Waals surface area contributed by atoms with E-state index >= 15 is 0 Å². The number of Topliss-reactive ketones (excluding diaryl/α,β-unsaturated/α-hetero) is 1. The largest absolute Gasteiger partial charge is 0.493 e. The van der Waals surface area contributed by atoms with Gasteiger partial charge in [-0.3, -0.25) is 9.59 Å². The van der Waals surface area contributed by atoms with Crippen molar-refractivity contribution in [1.82, 2.24) is 0 Å². The Labute approximate surface area is 189 Å². The van der Waals surface area contributed by atoms with Crippen molar-refractivity contribution in [2.24, 2.45) is 10.2 Å². The van der Waals surface area contributed by atoms with Crippen molar-refractivity contribution in [3.05, 3.63) is 34.3 Å². The number of carbonyl (C=O) groups is 2. The van der Waals surface area contributed by atoms with E-state index in [4.69, 9.17) is 42.1 Å². The van der Waals surface area contributed by atoms with Crippen molar-refractivity contribution in [3.63, 3.8) is 0 Å². The smallest absolute Gasteiger partial charge is 0.258 e. The number of methoxy groups -OCH3 is 4. The van der Waals surface area contributed by atoms with Crippen molar-refractivity contribution < 1.29 is 28.5 Å². The van der Waals surface area contributed by atoms with Crippen LogP contribution in [0.25, 0.3) is 0 Å². The third-order valence-corrected chi connectivity index (χ3v) is 4.73. The number of ether oxygens (including phenoxy) is 4. The molecule has 0 aliphatic carbocycles. The summed E-state index contributed by atoms with van der Waals surface area (Å²) >= 11 is 12.4. The standard InChI is InChI=1S/C20H21Cl2N3O6/c1-10(26)17(25-24-13-9-16(30-4)15(29-3)8-12(13)22)20(27)23-18-11(21)6-7-14(28-2)19(18)31-5/h6-9,17H,1-5H3,(H,23,27). The predicted molar refractivity (Wildman–Crippen MR) is 117 cm³/mol. The number of hydrogen-bond acceptors (Lipinski definition) is 8. The average molecular weight is 470 g/mol. The SMILES string of the molecule is COc1cc(Cl)c(N=NC(C(C)=O)C(=O)Nc2c(Cl)ccc(OC)c2OC)cc1OC. The molecule has 0 aromatic heterocycles. The van der Waals surface area contributed by atoms with Gasteiger partial charge in [0.2, 0.25) is 6.04 Å². The zero-order chi connectivity index (χ0) is 23.1. The Morgan fingerprint density at radius 2 is 1.52 bits per heavy atom. The number of ketones is 1. The van der Waals surface area contributed by atoms with E-state index in [1.165, 1.54) is 53.6 Å². The van der Waals surface area contributed by atoms with Gasteiger partial charge < -0.3 is 24.3 Å². The van der Waals surface area contributed by atoms with Crippen LogP contribution in [0.2, 0.25) is 10.0 Å². The van der Waals surface area contributed by atoms with E-state index in [0.717, 1.165) is 0 Å². The van der Waals surface area contributed by atoms with E-state index < -0.39 is 17.7 Å². The zero-order valence-corrected chi connectivity index (χ0v) is 19.0. The lowest BCUT2D eigenvalue weighted by molar-refractivity contribution is -0.126. The summed E-state index contributed by atoms with van der Waals surface area (Å²) in [6.45, 7) is 1.21. The molecule has 11 heteroatoms. The molecule has 0 saturated carbocycles. The summed E-state index contributed by atoms with van der Waals surface area (Å²) in [5.74, 6) is -0.00683. The fraction of sp³-hybridized carbons (Fsp3) is 0.300. The summed E-state index contributed by atoms with van der Waals surface area (Å²) in [5.41, 5.74) is 0.328. The summed E-state index contributed by atoms with van der Waals surface area (Å²) in [6, 6.07) is 4.60. The number of hydrogen-bond donors (Lipinski definition) is 1. The third-order valence-electron chi connectivity index (χ3n) is 4.11. The van der Waals surface area contributed by atoms with Crippen LogP contribution in [0.3, 0.4) is 0 Å². The first-order valence-electron chi connectivity index (χ1n) is 8.81. The Kier molecular flexibility index (Phi) is 8.47. The quantitative estimate of drug-likeness (QED) is 0.420. The molecular weight excluding hydrogens is 449 g/mol. The highest BCUT2D eigenvalue weighted by molar-refractivity contribution is 6.34. The van der Waals surface area contributed by atoms with Gasteiger partial charge in [0.15, 0.2) is 28.8 Å². The zero-order valence-electron chi connectivity index (χ0n) is 17.5. The number of azo groups is 1. The summed E-state index contributed by atoms with van der Waals surface area (Å²) in [6.07, 6.45) is 0. The van der Waals surface area contributed by atoms with Gasteiger partial charge in [-0.05, 0) is 19.1 Å². The first-order chi connectivity index (χ1) is 14.8. The lowest BCUT2D eigenvalue weighted by Gasteiger charge is -2.16. The number of benzene rings is 2. The Balaban J connectivity index is 2.36. The summed E-state index contributed by atoms with van der Waals surface area (Å²) in [4.78, 5) is 24.9. The van der Waals surface area contributed by atoms with Crippen LogP contribution in [-0.4, -0.2) is 46.2 Å². The van der Waals surface area contributed by atoms with Crippen LogP contribution >= 0.6 is 23.2 Å². The molecule has 0 heterocycles. The molecule has 1 unspecified atom stereocenters. The van der Waals surface area contributed by atoms with Gasteiger partial charge in [-0.25, -0.2) is 0 Å². The van der Waals surface area contributed by atoms with E-state index in [-0.39, 0.29) is 27.2 Å². The van der Waals surface area contributed by atoms with Crippen LogP contribution in [0.15, 0.2) is 34.5 Å².